The lowest BCUT2D eigenvalue weighted by Gasteiger charge is -2.31. The van der Waals surface area contributed by atoms with Crippen LogP contribution in [-0.4, -0.2) is 79.6 Å². The van der Waals surface area contributed by atoms with Crippen molar-refractivity contribution < 1.29 is 14.7 Å². The SMILES string of the molecule is CCO.CNC(=O)c1cnc(N2CCC(C=O)CC2)c(Cl)c1.C\C=C(Cl)/C=C(C)/C(N)=C(/C)N1CC2CCCNC2C1. The van der Waals surface area contributed by atoms with Gasteiger partial charge in [0.1, 0.15) is 12.1 Å². The predicted octanol–water partition coefficient (Wildman–Crippen LogP) is 4.46. The fraction of sp³-hybridized carbons (Fsp3) is 0.581. The molecule has 4 rings (SSSR count). The summed E-state index contributed by atoms with van der Waals surface area (Å²) in [6.07, 6.45) is 10.6. The quantitative estimate of drug-likeness (QED) is 0.271. The number of hydrogen-bond donors (Lipinski definition) is 4. The first-order chi connectivity index (χ1) is 20.1. The Hall–Kier alpha value is -2.59. The van der Waals surface area contributed by atoms with Gasteiger partial charge < -0.3 is 36.1 Å². The van der Waals surface area contributed by atoms with Crippen molar-refractivity contribution in [2.45, 2.75) is 59.4 Å². The number of amides is 1. The first kappa shape index (κ1) is 35.6. The van der Waals surface area contributed by atoms with Gasteiger partial charge in [-0.2, -0.15) is 0 Å². The molecule has 3 aliphatic heterocycles. The minimum Gasteiger partial charge on any atom is -0.397 e. The molecule has 1 aromatic heterocycles. The molecular formula is C31H48Cl2N6O3. The Morgan fingerprint density at radius 2 is 1.93 bits per heavy atom. The largest absolute Gasteiger partial charge is 0.397 e. The van der Waals surface area contributed by atoms with Gasteiger partial charge in [0.2, 0.25) is 0 Å². The number of carbonyl (C=O) groups excluding carboxylic acids is 2. The Labute approximate surface area is 261 Å². The van der Waals surface area contributed by atoms with Crippen LogP contribution in [-0.2, 0) is 4.79 Å². The van der Waals surface area contributed by atoms with Crippen molar-refractivity contribution in [3.63, 3.8) is 0 Å². The number of anilines is 1. The molecule has 0 aromatic carbocycles. The average molecular weight is 624 g/mol. The lowest BCUT2D eigenvalue weighted by atomic mass is 9.94. The molecule has 0 spiro atoms. The Morgan fingerprint density at radius 3 is 2.48 bits per heavy atom. The molecule has 0 aliphatic carbocycles. The number of nitrogens with two attached hydrogens (primary N) is 1. The number of aldehydes is 1. The molecule has 1 amide bonds. The number of nitrogens with zero attached hydrogens (tertiary/aromatic N) is 3. The van der Waals surface area contributed by atoms with Crippen LogP contribution in [0.15, 0.2) is 46.4 Å². The van der Waals surface area contributed by atoms with E-state index < -0.39 is 0 Å². The number of allylic oxidation sites excluding steroid dienone is 5. The highest BCUT2D eigenvalue weighted by molar-refractivity contribution is 6.33. The highest BCUT2D eigenvalue weighted by atomic mass is 35.5. The number of fused-ring (bicyclic) bond motifs is 1. The van der Waals surface area contributed by atoms with Crippen LogP contribution in [0.25, 0.3) is 0 Å². The van der Waals surface area contributed by atoms with E-state index >= 15 is 0 Å². The monoisotopic (exact) mass is 622 g/mol. The number of piperidine rings is 2. The summed E-state index contributed by atoms with van der Waals surface area (Å²) in [5, 5.41) is 14.9. The first-order valence-electron chi connectivity index (χ1n) is 14.7. The maximum Gasteiger partial charge on any atom is 0.252 e. The molecule has 4 heterocycles. The fourth-order valence-electron chi connectivity index (χ4n) is 5.32. The Balaban J connectivity index is 0.000000269. The first-order valence-corrected chi connectivity index (χ1v) is 15.5. The van der Waals surface area contributed by atoms with Gasteiger partial charge in [-0.25, -0.2) is 4.98 Å². The van der Waals surface area contributed by atoms with E-state index in [0.717, 1.165) is 74.1 Å². The molecule has 0 radical (unpaired) electrons. The summed E-state index contributed by atoms with van der Waals surface area (Å²) in [7, 11) is 1.56. The van der Waals surface area contributed by atoms with Crippen molar-refractivity contribution in [1.29, 1.82) is 0 Å². The molecule has 1 aromatic rings. The van der Waals surface area contributed by atoms with Gasteiger partial charge in [-0.05, 0) is 83.6 Å². The Bertz CT molecular complexity index is 1120. The number of aromatic nitrogens is 1. The zero-order valence-corrected chi connectivity index (χ0v) is 27.1. The number of aliphatic hydroxyl groups is 1. The molecule has 234 valence electrons. The molecule has 2 atom stereocenters. The van der Waals surface area contributed by atoms with Gasteiger partial charge in [0.15, 0.2) is 0 Å². The lowest BCUT2D eigenvalue weighted by molar-refractivity contribution is -0.111. The van der Waals surface area contributed by atoms with Gasteiger partial charge in [-0.1, -0.05) is 29.3 Å². The second-order valence-electron chi connectivity index (χ2n) is 10.8. The molecule has 9 nitrogen and oxygen atoms in total. The van der Waals surface area contributed by atoms with Crippen molar-refractivity contribution in [2.24, 2.45) is 17.6 Å². The summed E-state index contributed by atoms with van der Waals surface area (Å²) in [4.78, 5) is 30.9. The highest BCUT2D eigenvalue weighted by Gasteiger charge is 2.34. The number of nitrogens with one attached hydrogen (secondary N) is 2. The molecule has 42 heavy (non-hydrogen) atoms. The maximum absolute atomic E-state index is 11.5. The number of halogens is 2. The van der Waals surface area contributed by atoms with E-state index in [1.807, 2.05) is 26.0 Å². The zero-order chi connectivity index (χ0) is 31.2. The molecule has 3 fully saturated rings. The normalized spacial score (nSPS) is 21.7. The average Bonchev–Trinajstić information content (AvgIpc) is 3.45. The van der Waals surface area contributed by atoms with E-state index in [2.05, 4.69) is 32.3 Å². The van der Waals surface area contributed by atoms with E-state index in [9.17, 15) is 9.59 Å². The third-order valence-corrected chi connectivity index (χ3v) is 8.47. The van der Waals surface area contributed by atoms with E-state index in [-0.39, 0.29) is 18.4 Å². The molecule has 0 saturated carbocycles. The van der Waals surface area contributed by atoms with Crippen LogP contribution in [0.4, 0.5) is 5.82 Å². The summed E-state index contributed by atoms with van der Waals surface area (Å²) in [5.74, 6) is 1.38. The summed E-state index contributed by atoms with van der Waals surface area (Å²) >= 11 is 12.2. The van der Waals surface area contributed by atoms with Gasteiger partial charge in [-0.3, -0.25) is 4.79 Å². The van der Waals surface area contributed by atoms with Crippen LogP contribution in [0.5, 0.6) is 0 Å². The minimum absolute atomic E-state index is 0.139. The molecule has 0 bridgehead atoms. The second kappa shape index (κ2) is 18.2. The van der Waals surface area contributed by atoms with Crippen LogP contribution < -0.4 is 21.3 Å². The molecule has 3 aliphatic rings. The lowest BCUT2D eigenvalue weighted by Crippen LogP contribution is -2.40. The zero-order valence-electron chi connectivity index (χ0n) is 25.6. The van der Waals surface area contributed by atoms with Crippen LogP contribution in [0, 0.1) is 11.8 Å². The highest BCUT2D eigenvalue weighted by Crippen LogP contribution is 2.29. The molecule has 5 N–H and O–H groups in total. The van der Waals surface area contributed by atoms with Crippen LogP contribution in [0.3, 0.4) is 0 Å². The topological polar surface area (TPSA) is 124 Å². The van der Waals surface area contributed by atoms with E-state index in [1.165, 1.54) is 24.7 Å². The Kier molecular flexibility index (Phi) is 15.4. The summed E-state index contributed by atoms with van der Waals surface area (Å²) in [5.41, 5.74) is 9.80. The predicted molar refractivity (Wildman–Crippen MR) is 173 cm³/mol. The van der Waals surface area contributed by atoms with Crippen LogP contribution >= 0.6 is 23.2 Å². The van der Waals surface area contributed by atoms with Crippen molar-refractivity contribution in [3.05, 3.63) is 57.0 Å². The van der Waals surface area contributed by atoms with Gasteiger partial charge in [-0.15, -0.1) is 0 Å². The van der Waals surface area contributed by atoms with Crippen molar-refractivity contribution in [2.75, 3.05) is 51.3 Å². The van der Waals surface area contributed by atoms with Gasteiger partial charge in [0, 0.05) is 68.7 Å². The number of rotatable bonds is 6. The molecule has 11 heteroatoms. The van der Waals surface area contributed by atoms with E-state index in [0.29, 0.717) is 22.4 Å². The number of pyridine rings is 1. The number of hydrogen-bond acceptors (Lipinski definition) is 8. The van der Waals surface area contributed by atoms with Gasteiger partial charge in [0.05, 0.1) is 16.3 Å². The Morgan fingerprint density at radius 1 is 1.26 bits per heavy atom. The summed E-state index contributed by atoms with van der Waals surface area (Å²) in [6.45, 7) is 12.9. The van der Waals surface area contributed by atoms with Crippen molar-refractivity contribution >= 4 is 41.2 Å². The number of carbonyl (C=O) groups is 2. The van der Waals surface area contributed by atoms with Gasteiger partial charge in [0.25, 0.3) is 5.91 Å². The number of aliphatic hydroxyl groups excluding tert-OH is 1. The fourth-order valence-corrected chi connectivity index (χ4v) is 5.77. The van der Waals surface area contributed by atoms with Crippen molar-refractivity contribution in [3.8, 4) is 0 Å². The second-order valence-corrected chi connectivity index (χ2v) is 11.6. The van der Waals surface area contributed by atoms with Crippen molar-refractivity contribution in [1.82, 2.24) is 20.5 Å². The van der Waals surface area contributed by atoms with Crippen LogP contribution in [0.1, 0.15) is 63.7 Å². The minimum atomic E-state index is -0.208. The molecular weight excluding hydrogens is 575 g/mol. The third-order valence-electron chi connectivity index (χ3n) is 7.86. The summed E-state index contributed by atoms with van der Waals surface area (Å²) in [6, 6.07) is 2.25. The van der Waals surface area contributed by atoms with Crippen LogP contribution in [0.2, 0.25) is 5.02 Å². The molecule has 3 saturated heterocycles. The van der Waals surface area contributed by atoms with E-state index in [1.54, 1.807) is 20.0 Å². The summed E-state index contributed by atoms with van der Waals surface area (Å²) < 4.78 is 0. The maximum atomic E-state index is 11.5. The third kappa shape index (κ3) is 10.3. The standard InChI is InChI=1S/C16H26ClN3.C13H16ClN3O2.C2H6O/c1-4-14(17)8-11(2)16(18)12(3)20-9-13-6-5-7-19-15(13)10-20;1-15-13(19)10-6-11(14)12(16-7-10)17-4-2-9(8-18)3-5-17;1-2-3/h4,8,13,15,19H,5-7,9-10,18H2,1-3H3;6-9H,2-5H2,1H3,(H,15,19);3H,2H2,1H3/b11-8+,14-4+,16-12+;;. The van der Waals surface area contributed by atoms with E-state index in [4.69, 9.17) is 34.0 Å². The number of likely N-dealkylation sites (tertiary alicyclic amines) is 1. The molecule has 2 unspecified atom stereocenters. The van der Waals surface area contributed by atoms with Gasteiger partial charge >= 0.3 is 0 Å². The smallest absolute Gasteiger partial charge is 0.252 e.